The van der Waals surface area contributed by atoms with Gasteiger partial charge in [-0.1, -0.05) is 35.9 Å². The van der Waals surface area contributed by atoms with Gasteiger partial charge in [-0.2, -0.15) is 5.10 Å². The van der Waals surface area contributed by atoms with Gasteiger partial charge in [0.05, 0.1) is 16.2 Å². The summed E-state index contributed by atoms with van der Waals surface area (Å²) >= 11 is 6.14. The van der Waals surface area contributed by atoms with E-state index >= 15 is 0 Å². The standard InChI is InChI=1S/C16H14ClN3O/c1-10-7-8-13(12(17)9-10)18-16(21)15-11-5-3-4-6-14(11)20(2)19-15/h3-9H,1-2H3,(H,18,21). The smallest absolute Gasteiger partial charge is 0.276 e. The van der Waals surface area contributed by atoms with Crippen LogP contribution in [0.15, 0.2) is 42.5 Å². The van der Waals surface area contributed by atoms with E-state index in [4.69, 9.17) is 11.6 Å². The van der Waals surface area contributed by atoms with Gasteiger partial charge in [-0.05, 0) is 30.7 Å². The van der Waals surface area contributed by atoms with Crippen molar-refractivity contribution in [3.63, 3.8) is 0 Å². The Bertz CT molecular complexity index is 839. The first-order valence-electron chi connectivity index (χ1n) is 6.55. The molecule has 0 spiro atoms. The predicted octanol–water partition coefficient (Wildman–Crippen LogP) is 3.79. The molecule has 1 N–H and O–H groups in total. The van der Waals surface area contributed by atoms with Gasteiger partial charge in [0, 0.05) is 12.4 Å². The Morgan fingerprint density at radius 1 is 1.24 bits per heavy atom. The highest BCUT2D eigenvalue weighted by molar-refractivity contribution is 6.34. The molecule has 21 heavy (non-hydrogen) atoms. The summed E-state index contributed by atoms with van der Waals surface area (Å²) in [5, 5.41) is 8.44. The molecule has 0 aliphatic rings. The number of carbonyl (C=O) groups is 1. The summed E-state index contributed by atoms with van der Waals surface area (Å²) < 4.78 is 1.70. The molecular weight excluding hydrogens is 286 g/mol. The van der Waals surface area contributed by atoms with E-state index in [1.54, 1.807) is 10.7 Å². The molecule has 0 atom stereocenters. The zero-order valence-electron chi connectivity index (χ0n) is 11.7. The summed E-state index contributed by atoms with van der Waals surface area (Å²) in [4.78, 5) is 12.4. The summed E-state index contributed by atoms with van der Waals surface area (Å²) in [6, 6.07) is 13.1. The van der Waals surface area contributed by atoms with E-state index in [-0.39, 0.29) is 5.91 Å². The lowest BCUT2D eigenvalue weighted by Crippen LogP contribution is -2.13. The van der Waals surface area contributed by atoms with Gasteiger partial charge in [-0.15, -0.1) is 0 Å². The number of carbonyl (C=O) groups excluding carboxylic acids is 1. The Morgan fingerprint density at radius 3 is 2.76 bits per heavy atom. The SMILES string of the molecule is Cc1ccc(NC(=O)c2nn(C)c3ccccc23)c(Cl)c1. The van der Waals surface area contributed by atoms with Crippen molar-refractivity contribution in [3.8, 4) is 0 Å². The molecule has 5 heteroatoms. The molecule has 1 aromatic heterocycles. The maximum Gasteiger partial charge on any atom is 0.276 e. The van der Waals surface area contributed by atoms with Crippen molar-refractivity contribution >= 4 is 34.1 Å². The first-order chi connectivity index (χ1) is 10.1. The lowest BCUT2D eigenvalue weighted by molar-refractivity contribution is 0.102. The van der Waals surface area contributed by atoms with Crippen LogP contribution in [0.3, 0.4) is 0 Å². The summed E-state index contributed by atoms with van der Waals surface area (Å²) in [7, 11) is 1.82. The van der Waals surface area contributed by atoms with Crippen LogP contribution in [0.25, 0.3) is 10.9 Å². The van der Waals surface area contributed by atoms with Crippen molar-refractivity contribution in [2.45, 2.75) is 6.92 Å². The number of amides is 1. The van der Waals surface area contributed by atoms with Gasteiger partial charge in [0.1, 0.15) is 0 Å². The third-order valence-corrected chi connectivity index (χ3v) is 3.66. The molecule has 0 saturated carbocycles. The maximum absolute atomic E-state index is 12.4. The highest BCUT2D eigenvalue weighted by atomic mass is 35.5. The second-order valence-electron chi connectivity index (χ2n) is 4.93. The second kappa shape index (κ2) is 5.22. The van der Waals surface area contributed by atoms with Gasteiger partial charge in [0.15, 0.2) is 5.69 Å². The summed E-state index contributed by atoms with van der Waals surface area (Å²) in [6.07, 6.45) is 0. The van der Waals surface area contributed by atoms with Crippen LogP contribution >= 0.6 is 11.6 Å². The van der Waals surface area contributed by atoms with Crippen molar-refractivity contribution in [1.82, 2.24) is 9.78 Å². The minimum Gasteiger partial charge on any atom is -0.319 e. The zero-order valence-corrected chi connectivity index (χ0v) is 12.5. The van der Waals surface area contributed by atoms with Crippen LogP contribution < -0.4 is 5.32 Å². The van der Waals surface area contributed by atoms with Crippen LogP contribution in [0.5, 0.6) is 0 Å². The molecule has 1 heterocycles. The Kier molecular flexibility index (Phi) is 3.39. The number of rotatable bonds is 2. The van der Waals surface area contributed by atoms with Crippen LogP contribution in [-0.4, -0.2) is 15.7 Å². The third kappa shape index (κ3) is 2.50. The van der Waals surface area contributed by atoms with Crippen molar-refractivity contribution in [2.75, 3.05) is 5.32 Å². The number of nitrogens with one attached hydrogen (secondary N) is 1. The van der Waals surface area contributed by atoms with Gasteiger partial charge in [0.25, 0.3) is 5.91 Å². The number of halogens is 1. The molecule has 3 rings (SSSR count). The van der Waals surface area contributed by atoms with Gasteiger partial charge in [-0.3, -0.25) is 9.48 Å². The van der Waals surface area contributed by atoms with Crippen LogP contribution in [-0.2, 0) is 7.05 Å². The number of aryl methyl sites for hydroxylation is 2. The predicted molar refractivity (Wildman–Crippen MR) is 84.9 cm³/mol. The lowest BCUT2D eigenvalue weighted by Gasteiger charge is -2.06. The van der Waals surface area contributed by atoms with Crippen LogP contribution in [0.1, 0.15) is 16.1 Å². The maximum atomic E-state index is 12.4. The topological polar surface area (TPSA) is 46.9 Å². The molecule has 4 nitrogen and oxygen atoms in total. The number of fused-ring (bicyclic) bond motifs is 1. The number of hydrogen-bond donors (Lipinski definition) is 1. The van der Waals surface area contributed by atoms with E-state index in [0.29, 0.717) is 16.4 Å². The molecule has 3 aromatic rings. The molecular formula is C16H14ClN3O. The van der Waals surface area contributed by atoms with Gasteiger partial charge in [-0.25, -0.2) is 0 Å². The molecule has 2 aromatic carbocycles. The number of anilines is 1. The number of hydrogen-bond acceptors (Lipinski definition) is 2. The molecule has 1 amide bonds. The van der Waals surface area contributed by atoms with Gasteiger partial charge >= 0.3 is 0 Å². The monoisotopic (exact) mass is 299 g/mol. The lowest BCUT2D eigenvalue weighted by atomic mass is 10.2. The molecule has 0 bridgehead atoms. The molecule has 0 fully saturated rings. The normalized spacial score (nSPS) is 10.8. The number of para-hydroxylation sites is 1. The minimum absolute atomic E-state index is 0.266. The van der Waals surface area contributed by atoms with Crippen molar-refractivity contribution < 1.29 is 4.79 Å². The minimum atomic E-state index is -0.266. The average molecular weight is 300 g/mol. The average Bonchev–Trinajstić information content (AvgIpc) is 2.80. The highest BCUT2D eigenvalue weighted by Gasteiger charge is 2.16. The summed E-state index contributed by atoms with van der Waals surface area (Å²) in [6.45, 7) is 1.95. The van der Waals surface area contributed by atoms with Gasteiger partial charge < -0.3 is 5.32 Å². The van der Waals surface area contributed by atoms with E-state index < -0.39 is 0 Å². The Morgan fingerprint density at radius 2 is 2.00 bits per heavy atom. The van der Waals surface area contributed by atoms with Crippen molar-refractivity contribution in [2.24, 2.45) is 7.05 Å². The van der Waals surface area contributed by atoms with Crippen molar-refractivity contribution in [1.29, 1.82) is 0 Å². The fraction of sp³-hybridized carbons (Fsp3) is 0.125. The van der Waals surface area contributed by atoms with Crippen molar-refractivity contribution in [3.05, 3.63) is 58.7 Å². The van der Waals surface area contributed by atoms with E-state index in [2.05, 4.69) is 10.4 Å². The number of nitrogens with zero attached hydrogens (tertiary/aromatic N) is 2. The first kappa shape index (κ1) is 13.6. The Labute approximate surface area is 127 Å². The Hall–Kier alpha value is -2.33. The number of aromatic nitrogens is 2. The van der Waals surface area contributed by atoms with E-state index in [9.17, 15) is 4.79 Å². The highest BCUT2D eigenvalue weighted by Crippen LogP contribution is 2.24. The first-order valence-corrected chi connectivity index (χ1v) is 6.93. The largest absolute Gasteiger partial charge is 0.319 e. The zero-order chi connectivity index (χ0) is 15.0. The van der Waals surface area contributed by atoms with E-state index in [1.165, 1.54) is 0 Å². The molecule has 0 aliphatic carbocycles. The van der Waals surface area contributed by atoms with Gasteiger partial charge in [0.2, 0.25) is 0 Å². The second-order valence-corrected chi connectivity index (χ2v) is 5.33. The molecule has 0 saturated heterocycles. The van der Waals surface area contributed by atoms with E-state index in [1.807, 2.05) is 50.4 Å². The van der Waals surface area contributed by atoms with Crippen LogP contribution in [0.4, 0.5) is 5.69 Å². The molecule has 0 aliphatic heterocycles. The summed E-state index contributed by atoms with van der Waals surface area (Å²) in [5.41, 5.74) is 2.94. The quantitative estimate of drug-likeness (QED) is 0.782. The van der Waals surface area contributed by atoms with Crippen LogP contribution in [0, 0.1) is 6.92 Å². The Balaban J connectivity index is 1.98. The third-order valence-electron chi connectivity index (χ3n) is 3.35. The van der Waals surface area contributed by atoms with Crippen LogP contribution in [0.2, 0.25) is 5.02 Å². The molecule has 106 valence electrons. The van der Waals surface area contributed by atoms with E-state index in [0.717, 1.165) is 16.5 Å². The fourth-order valence-corrected chi connectivity index (χ4v) is 2.57. The number of benzene rings is 2. The fourth-order valence-electron chi connectivity index (χ4n) is 2.28. The molecule has 0 radical (unpaired) electrons. The summed E-state index contributed by atoms with van der Waals surface area (Å²) in [5.74, 6) is -0.266. The molecule has 0 unspecified atom stereocenters.